The number of aliphatic carboxylic acids is 1. The van der Waals surface area contributed by atoms with E-state index in [9.17, 15) is 19.4 Å². The van der Waals surface area contributed by atoms with Crippen LogP contribution in [0.5, 0.6) is 0 Å². The zero-order valence-corrected chi connectivity index (χ0v) is 16.7. The number of aliphatic imine (C=N–C) groups is 1. The van der Waals surface area contributed by atoms with Crippen molar-refractivity contribution in [2.24, 2.45) is 16.0 Å². The van der Waals surface area contributed by atoms with Crippen molar-refractivity contribution in [2.75, 3.05) is 7.05 Å². The lowest BCUT2D eigenvalue weighted by Crippen LogP contribution is -2.19. The molecule has 0 spiro atoms. The Morgan fingerprint density at radius 1 is 1.24 bits per heavy atom. The fourth-order valence-corrected chi connectivity index (χ4v) is 2.87. The van der Waals surface area contributed by atoms with Crippen molar-refractivity contribution in [3.8, 4) is 0 Å². The van der Waals surface area contributed by atoms with E-state index in [4.69, 9.17) is 5.11 Å². The summed E-state index contributed by atoms with van der Waals surface area (Å²) in [4.78, 5) is 15.2. The molecule has 1 aliphatic heterocycles. The molecule has 1 aromatic carbocycles. The van der Waals surface area contributed by atoms with Gasteiger partial charge in [0.05, 0.1) is 30.0 Å². The van der Waals surface area contributed by atoms with Gasteiger partial charge in [-0.2, -0.15) is 5.10 Å². The lowest BCUT2D eigenvalue weighted by Gasteiger charge is -2.15. The molecular formula is C21H26FN3O4. The molecule has 0 amide bonds. The maximum atomic E-state index is 13.4. The van der Waals surface area contributed by atoms with Crippen LogP contribution >= 0.6 is 0 Å². The molecule has 1 aliphatic rings. The smallest absolute Gasteiger partial charge is 0.305 e. The Labute approximate surface area is 169 Å². The highest BCUT2D eigenvalue weighted by molar-refractivity contribution is 6.15. The van der Waals surface area contributed by atoms with E-state index in [0.29, 0.717) is 16.8 Å². The van der Waals surface area contributed by atoms with Gasteiger partial charge in [0.1, 0.15) is 12.2 Å². The largest absolute Gasteiger partial charge is 0.481 e. The van der Waals surface area contributed by atoms with Gasteiger partial charge in [0, 0.05) is 24.6 Å². The molecule has 0 bridgehead atoms. The first-order chi connectivity index (χ1) is 13.7. The van der Waals surface area contributed by atoms with Gasteiger partial charge in [-0.15, -0.1) is 0 Å². The normalized spacial score (nSPS) is 16.9. The standard InChI is InChI=1S/C21H26FN3O4/c1-13(2)20-18(9-8-16(26)10-17(27)11-19(28)29)21(24-25(3)12-23-20)14-4-6-15(22)7-5-14/h4-9,12-13,16-17,26-27H,10-11H2,1-3H3,(H,28,29)/b9-8+/t16-,17-/m1/s1. The minimum absolute atomic E-state index is 0.0396. The number of carboxylic acids is 1. The van der Waals surface area contributed by atoms with Gasteiger partial charge < -0.3 is 15.3 Å². The third-order valence-corrected chi connectivity index (χ3v) is 4.23. The number of rotatable bonds is 8. The van der Waals surface area contributed by atoms with Gasteiger partial charge in [-0.3, -0.25) is 9.80 Å². The maximum Gasteiger partial charge on any atom is 0.305 e. The van der Waals surface area contributed by atoms with Crippen LogP contribution in [0.2, 0.25) is 0 Å². The molecule has 0 saturated heterocycles. The summed E-state index contributed by atoms with van der Waals surface area (Å²) in [6, 6.07) is 5.92. The molecule has 8 heteroatoms. The van der Waals surface area contributed by atoms with Crippen molar-refractivity contribution in [3.05, 3.63) is 59.1 Å². The van der Waals surface area contributed by atoms with Crippen molar-refractivity contribution in [1.29, 1.82) is 0 Å². The zero-order valence-electron chi connectivity index (χ0n) is 16.7. The van der Waals surface area contributed by atoms with Crippen molar-refractivity contribution < 1.29 is 24.5 Å². The van der Waals surface area contributed by atoms with Crippen molar-refractivity contribution in [2.45, 2.75) is 38.9 Å². The first-order valence-electron chi connectivity index (χ1n) is 9.29. The van der Waals surface area contributed by atoms with E-state index >= 15 is 0 Å². The van der Waals surface area contributed by atoms with Crippen LogP contribution in [0.3, 0.4) is 0 Å². The van der Waals surface area contributed by atoms with Gasteiger partial charge in [0.2, 0.25) is 0 Å². The van der Waals surface area contributed by atoms with Gasteiger partial charge in [-0.05, 0) is 30.2 Å². The van der Waals surface area contributed by atoms with Crippen LogP contribution in [-0.4, -0.2) is 57.6 Å². The molecule has 0 aliphatic carbocycles. The minimum atomic E-state index is -1.16. The Balaban J connectivity index is 2.40. The van der Waals surface area contributed by atoms with E-state index in [1.54, 1.807) is 36.6 Å². The summed E-state index contributed by atoms with van der Waals surface area (Å²) >= 11 is 0. The molecule has 2 atom stereocenters. The molecule has 2 rings (SSSR count). The predicted octanol–water partition coefficient (Wildman–Crippen LogP) is 2.56. The molecule has 29 heavy (non-hydrogen) atoms. The first kappa shape index (κ1) is 22.4. The number of carboxylic acid groups (broad SMARTS) is 1. The van der Waals surface area contributed by atoms with E-state index in [0.717, 1.165) is 5.70 Å². The van der Waals surface area contributed by atoms with E-state index in [2.05, 4.69) is 10.1 Å². The van der Waals surface area contributed by atoms with Crippen LogP contribution < -0.4 is 0 Å². The van der Waals surface area contributed by atoms with E-state index in [-0.39, 0.29) is 18.2 Å². The number of hydrogen-bond acceptors (Lipinski definition) is 6. The van der Waals surface area contributed by atoms with Gasteiger partial charge >= 0.3 is 5.97 Å². The second-order valence-corrected chi connectivity index (χ2v) is 7.14. The van der Waals surface area contributed by atoms with Crippen LogP contribution in [0.25, 0.3) is 0 Å². The van der Waals surface area contributed by atoms with Crippen LogP contribution in [-0.2, 0) is 4.79 Å². The summed E-state index contributed by atoms with van der Waals surface area (Å²) in [5, 5.41) is 34.7. The van der Waals surface area contributed by atoms with E-state index < -0.39 is 24.6 Å². The number of hydrogen-bond donors (Lipinski definition) is 3. The lowest BCUT2D eigenvalue weighted by atomic mass is 9.95. The van der Waals surface area contributed by atoms with Crippen molar-refractivity contribution in [1.82, 2.24) is 5.01 Å². The summed E-state index contributed by atoms with van der Waals surface area (Å²) in [6.45, 7) is 3.95. The fraction of sp³-hybridized carbons (Fsp3) is 0.381. The number of halogens is 1. The Kier molecular flexibility index (Phi) is 7.81. The van der Waals surface area contributed by atoms with E-state index in [1.807, 2.05) is 13.8 Å². The average molecular weight is 403 g/mol. The first-order valence-corrected chi connectivity index (χ1v) is 9.29. The van der Waals surface area contributed by atoms with Crippen LogP contribution in [0.4, 0.5) is 4.39 Å². The number of allylic oxidation sites excluding steroid dienone is 3. The molecule has 0 radical (unpaired) electrons. The molecular weight excluding hydrogens is 377 g/mol. The Bertz CT molecular complexity index is 844. The Hall–Kier alpha value is -2.84. The number of hydrazone groups is 1. The SMILES string of the molecule is CC(C)C1=C(/C=C/[C@@H](O)C[C@@H](O)CC(=O)O)C(c2ccc(F)cc2)=NN(C)C=N1. The maximum absolute atomic E-state index is 13.4. The molecule has 0 saturated carbocycles. The summed E-state index contributed by atoms with van der Waals surface area (Å²) < 4.78 is 13.4. The van der Waals surface area contributed by atoms with E-state index in [1.165, 1.54) is 18.2 Å². The number of aliphatic hydroxyl groups is 2. The highest BCUT2D eigenvalue weighted by Gasteiger charge is 2.20. The van der Waals surface area contributed by atoms with Crippen LogP contribution in [0.1, 0.15) is 32.3 Å². The quantitative estimate of drug-likeness (QED) is 0.619. The zero-order chi connectivity index (χ0) is 21.6. The lowest BCUT2D eigenvalue weighted by molar-refractivity contribution is -0.139. The Morgan fingerprint density at radius 2 is 1.90 bits per heavy atom. The van der Waals surface area contributed by atoms with Crippen LogP contribution in [0, 0.1) is 11.7 Å². The van der Waals surface area contributed by atoms with Gasteiger partial charge in [0.15, 0.2) is 0 Å². The molecule has 0 fully saturated rings. The second kappa shape index (κ2) is 10.1. The molecule has 1 heterocycles. The second-order valence-electron chi connectivity index (χ2n) is 7.14. The molecule has 1 aromatic rings. The third kappa shape index (κ3) is 6.62. The average Bonchev–Trinajstić information content (AvgIpc) is 2.78. The predicted molar refractivity (Wildman–Crippen MR) is 109 cm³/mol. The topological polar surface area (TPSA) is 106 Å². The number of carbonyl (C=O) groups is 1. The van der Waals surface area contributed by atoms with Gasteiger partial charge in [0.25, 0.3) is 0 Å². The number of nitrogens with zero attached hydrogens (tertiary/aromatic N) is 3. The summed E-state index contributed by atoms with van der Waals surface area (Å²) in [5.74, 6) is -1.45. The monoisotopic (exact) mass is 403 g/mol. The minimum Gasteiger partial charge on any atom is -0.481 e. The Morgan fingerprint density at radius 3 is 2.48 bits per heavy atom. The van der Waals surface area contributed by atoms with Crippen molar-refractivity contribution in [3.63, 3.8) is 0 Å². The molecule has 0 unspecified atom stereocenters. The number of aliphatic hydroxyl groups excluding tert-OH is 2. The van der Waals surface area contributed by atoms with Gasteiger partial charge in [-0.1, -0.05) is 26.0 Å². The molecule has 0 aromatic heterocycles. The summed E-state index contributed by atoms with van der Waals surface area (Å²) in [5.41, 5.74) is 2.62. The van der Waals surface area contributed by atoms with Crippen LogP contribution in [0.15, 0.2) is 57.8 Å². The summed E-state index contributed by atoms with van der Waals surface area (Å²) in [6.07, 6.45) is 1.95. The van der Waals surface area contributed by atoms with Crippen molar-refractivity contribution >= 4 is 18.0 Å². The third-order valence-electron chi connectivity index (χ3n) is 4.23. The molecule has 3 N–H and O–H groups in total. The molecule has 156 valence electrons. The van der Waals surface area contributed by atoms with Gasteiger partial charge in [-0.25, -0.2) is 9.38 Å². The fourth-order valence-electron chi connectivity index (χ4n) is 2.87. The molecule has 7 nitrogen and oxygen atoms in total. The highest BCUT2D eigenvalue weighted by Crippen LogP contribution is 2.25. The summed E-state index contributed by atoms with van der Waals surface area (Å²) in [7, 11) is 1.73. The highest BCUT2D eigenvalue weighted by atomic mass is 19.1. The number of benzene rings is 1.